The summed E-state index contributed by atoms with van der Waals surface area (Å²) in [5.74, 6) is 0. The van der Waals surface area contributed by atoms with Gasteiger partial charge in [0.1, 0.15) is 11.3 Å². The molecule has 0 amide bonds. The van der Waals surface area contributed by atoms with Crippen molar-refractivity contribution in [1.82, 2.24) is 9.97 Å². The fourth-order valence-corrected chi connectivity index (χ4v) is 1.98. The lowest BCUT2D eigenvalue weighted by molar-refractivity contribution is 0.199. The van der Waals surface area contributed by atoms with Crippen LogP contribution in [0.4, 0.5) is 0 Å². The average Bonchev–Trinajstić information content (AvgIpc) is 2.64. The van der Waals surface area contributed by atoms with Crippen molar-refractivity contribution in [1.29, 1.82) is 0 Å². The van der Waals surface area contributed by atoms with Crippen molar-refractivity contribution >= 4 is 11.8 Å². The van der Waals surface area contributed by atoms with Crippen LogP contribution >= 0.6 is 11.8 Å². The molecule has 4 nitrogen and oxygen atoms in total. The number of aliphatic hydroxyl groups is 1. The maximum Gasteiger partial charge on any atom is 0.262 e. The highest BCUT2D eigenvalue weighted by atomic mass is 32.2. The fraction of sp³-hybridized carbons (Fsp3) is 0.273. The minimum atomic E-state index is -0.492. The van der Waals surface area contributed by atoms with Crippen LogP contribution in [0.1, 0.15) is 24.3 Å². The maximum atomic E-state index is 9.44. The quantitative estimate of drug-likeness (QED) is 0.887. The second kappa shape index (κ2) is 4.67. The number of nitrogens with zero attached hydrogens (tertiary/aromatic N) is 2. The Balaban J connectivity index is 2.18. The molecule has 1 N–H and O–H groups in total. The van der Waals surface area contributed by atoms with Gasteiger partial charge in [-0.1, -0.05) is 0 Å². The van der Waals surface area contributed by atoms with Crippen LogP contribution in [0.5, 0.6) is 0 Å². The molecule has 2 aromatic rings. The molecule has 0 unspecified atom stereocenters. The smallest absolute Gasteiger partial charge is 0.262 e. The minimum absolute atomic E-state index is 0.492. The summed E-state index contributed by atoms with van der Waals surface area (Å²) in [6.07, 6.45) is 2.77. The monoisotopic (exact) mass is 236 g/mol. The number of hydrogen-bond acceptors (Lipinski definition) is 5. The number of aliphatic hydroxyl groups excluding tert-OH is 1. The number of pyridine rings is 1. The number of aromatic nitrogens is 2. The molecule has 1 atom stereocenters. The molecule has 2 rings (SSSR count). The van der Waals surface area contributed by atoms with E-state index in [1.54, 1.807) is 25.5 Å². The third-order valence-corrected chi connectivity index (χ3v) is 2.83. The normalized spacial score (nSPS) is 12.7. The first-order valence-corrected chi connectivity index (χ1v) is 5.71. The molecule has 0 spiro atoms. The van der Waals surface area contributed by atoms with E-state index < -0.39 is 6.10 Å². The molecule has 0 aliphatic rings. The largest absolute Gasteiger partial charge is 0.439 e. The molecule has 0 saturated carbocycles. The van der Waals surface area contributed by atoms with Gasteiger partial charge in [-0.3, -0.25) is 0 Å². The molecule has 0 fully saturated rings. The van der Waals surface area contributed by atoms with E-state index in [4.69, 9.17) is 4.42 Å². The Labute approximate surface area is 97.7 Å². The van der Waals surface area contributed by atoms with Crippen molar-refractivity contribution in [3.8, 4) is 0 Å². The zero-order chi connectivity index (χ0) is 11.5. The highest BCUT2D eigenvalue weighted by molar-refractivity contribution is 7.99. The molecule has 0 bridgehead atoms. The predicted octanol–water partition coefficient (Wildman–Crippen LogP) is 2.58. The van der Waals surface area contributed by atoms with E-state index in [1.807, 2.05) is 13.0 Å². The fourth-order valence-electron chi connectivity index (χ4n) is 1.21. The van der Waals surface area contributed by atoms with Crippen LogP contribution in [-0.4, -0.2) is 15.1 Å². The van der Waals surface area contributed by atoms with E-state index in [1.165, 1.54) is 11.8 Å². The summed E-state index contributed by atoms with van der Waals surface area (Å²) in [6, 6.07) is 3.62. The molecule has 16 heavy (non-hydrogen) atoms. The van der Waals surface area contributed by atoms with E-state index in [9.17, 15) is 5.11 Å². The first-order valence-electron chi connectivity index (χ1n) is 4.89. The van der Waals surface area contributed by atoms with Gasteiger partial charge in [-0.2, -0.15) is 0 Å². The van der Waals surface area contributed by atoms with E-state index in [0.717, 1.165) is 16.3 Å². The average molecular weight is 236 g/mol. The Morgan fingerprint density at radius 3 is 2.94 bits per heavy atom. The lowest BCUT2D eigenvalue weighted by atomic mass is 10.2. The number of hydrogen-bond donors (Lipinski definition) is 1. The van der Waals surface area contributed by atoms with Gasteiger partial charge in [0.25, 0.3) is 5.22 Å². The summed E-state index contributed by atoms with van der Waals surface area (Å²) in [5.41, 5.74) is 1.68. The van der Waals surface area contributed by atoms with Crippen molar-refractivity contribution in [3.63, 3.8) is 0 Å². The van der Waals surface area contributed by atoms with E-state index in [2.05, 4.69) is 9.97 Å². The topological polar surface area (TPSA) is 59.2 Å². The van der Waals surface area contributed by atoms with Gasteiger partial charge in [-0.15, -0.1) is 0 Å². The molecule has 0 aliphatic carbocycles. The zero-order valence-electron chi connectivity index (χ0n) is 9.04. The molecule has 2 heterocycles. The molecule has 0 aromatic carbocycles. The van der Waals surface area contributed by atoms with Crippen LogP contribution in [0, 0.1) is 6.92 Å². The van der Waals surface area contributed by atoms with Crippen molar-refractivity contribution in [2.24, 2.45) is 0 Å². The molecule has 0 aliphatic heterocycles. The van der Waals surface area contributed by atoms with Crippen LogP contribution in [-0.2, 0) is 0 Å². The molecule has 2 aromatic heterocycles. The second-order valence-corrected chi connectivity index (χ2v) is 4.43. The standard InChI is InChI=1S/C11H12N2O2S/c1-7-6-15-11(13-7)16-10-5-9(8(2)14)3-4-12-10/h3-6,8,14H,1-2H3/t8-/m1/s1. The first kappa shape index (κ1) is 11.2. The second-order valence-electron chi connectivity index (χ2n) is 3.46. The van der Waals surface area contributed by atoms with Crippen LogP contribution in [0.15, 0.2) is 39.3 Å². The minimum Gasteiger partial charge on any atom is -0.439 e. The number of aryl methyl sites for hydroxylation is 1. The maximum absolute atomic E-state index is 9.44. The SMILES string of the molecule is Cc1coc(Sc2cc([C@@H](C)O)ccn2)n1. The van der Waals surface area contributed by atoms with Gasteiger partial charge >= 0.3 is 0 Å². The Hall–Kier alpha value is -1.33. The van der Waals surface area contributed by atoms with Crippen LogP contribution in [0.25, 0.3) is 0 Å². The highest BCUT2D eigenvalue weighted by Gasteiger charge is 2.07. The summed E-state index contributed by atoms with van der Waals surface area (Å²) in [7, 11) is 0. The van der Waals surface area contributed by atoms with Gasteiger partial charge in [0.05, 0.1) is 11.8 Å². The lowest BCUT2D eigenvalue weighted by Gasteiger charge is -2.04. The summed E-state index contributed by atoms with van der Waals surface area (Å²) >= 11 is 1.34. The van der Waals surface area contributed by atoms with E-state index >= 15 is 0 Å². The van der Waals surface area contributed by atoms with Gasteiger partial charge in [0, 0.05) is 6.20 Å². The van der Waals surface area contributed by atoms with Gasteiger partial charge in [-0.05, 0) is 43.3 Å². The van der Waals surface area contributed by atoms with E-state index in [-0.39, 0.29) is 0 Å². The van der Waals surface area contributed by atoms with Gasteiger partial charge in [0.15, 0.2) is 0 Å². The molecular weight excluding hydrogens is 224 g/mol. The van der Waals surface area contributed by atoms with Crippen LogP contribution in [0.2, 0.25) is 0 Å². The zero-order valence-corrected chi connectivity index (χ0v) is 9.86. The Kier molecular flexibility index (Phi) is 3.26. The summed E-state index contributed by atoms with van der Waals surface area (Å²) in [4.78, 5) is 8.35. The molecule has 0 radical (unpaired) electrons. The summed E-state index contributed by atoms with van der Waals surface area (Å²) in [5, 5.41) is 10.8. The Morgan fingerprint density at radius 1 is 1.50 bits per heavy atom. The number of rotatable bonds is 3. The van der Waals surface area contributed by atoms with Gasteiger partial charge < -0.3 is 9.52 Å². The molecule has 5 heteroatoms. The van der Waals surface area contributed by atoms with Gasteiger partial charge in [-0.25, -0.2) is 9.97 Å². The van der Waals surface area contributed by atoms with Crippen molar-refractivity contribution in [2.45, 2.75) is 30.2 Å². The summed E-state index contributed by atoms with van der Waals surface area (Å²) in [6.45, 7) is 3.59. The third-order valence-electron chi connectivity index (χ3n) is 2.03. The third kappa shape index (κ3) is 2.62. The molecule has 84 valence electrons. The Bertz CT molecular complexity index is 482. The van der Waals surface area contributed by atoms with Crippen molar-refractivity contribution in [3.05, 3.63) is 35.9 Å². The van der Waals surface area contributed by atoms with E-state index in [0.29, 0.717) is 5.22 Å². The first-order chi connectivity index (χ1) is 7.65. The lowest BCUT2D eigenvalue weighted by Crippen LogP contribution is -1.92. The van der Waals surface area contributed by atoms with Crippen LogP contribution < -0.4 is 0 Å². The Morgan fingerprint density at radius 2 is 2.31 bits per heavy atom. The van der Waals surface area contributed by atoms with Gasteiger partial charge in [0.2, 0.25) is 0 Å². The number of oxazole rings is 1. The predicted molar refractivity (Wildman–Crippen MR) is 60.2 cm³/mol. The van der Waals surface area contributed by atoms with Crippen LogP contribution in [0.3, 0.4) is 0 Å². The van der Waals surface area contributed by atoms with Crippen molar-refractivity contribution in [2.75, 3.05) is 0 Å². The molecule has 0 saturated heterocycles. The molecular formula is C11H12N2O2S. The summed E-state index contributed by atoms with van der Waals surface area (Å²) < 4.78 is 5.22. The van der Waals surface area contributed by atoms with Crippen molar-refractivity contribution < 1.29 is 9.52 Å². The highest BCUT2D eigenvalue weighted by Crippen LogP contribution is 2.26.